The van der Waals surface area contributed by atoms with Crippen LogP contribution in [0.1, 0.15) is 31.2 Å². The first-order valence-electron chi connectivity index (χ1n) is 10.2. The summed E-state index contributed by atoms with van der Waals surface area (Å²) in [6, 6.07) is 11.9. The molecule has 3 aliphatic rings. The van der Waals surface area contributed by atoms with Gasteiger partial charge in [0, 0.05) is 57.9 Å². The van der Waals surface area contributed by atoms with Crippen molar-refractivity contribution >= 4 is 0 Å². The van der Waals surface area contributed by atoms with Crippen molar-refractivity contribution in [1.82, 2.24) is 14.7 Å². The van der Waals surface area contributed by atoms with Gasteiger partial charge in [0.25, 0.3) is 0 Å². The molecule has 138 valence electrons. The van der Waals surface area contributed by atoms with Crippen molar-refractivity contribution in [2.75, 3.05) is 45.8 Å². The van der Waals surface area contributed by atoms with Crippen LogP contribution in [-0.2, 0) is 6.42 Å². The molecule has 2 aliphatic heterocycles. The molecule has 25 heavy (non-hydrogen) atoms. The Balaban J connectivity index is 1.20. The summed E-state index contributed by atoms with van der Waals surface area (Å²) in [5.74, 6) is 0. The molecule has 2 saturated heterocycles. The Labute approximate surface area is 152 Å². The van der Waals surface area contributed by atoms with Crippen LogP contribution in [0.5, 0.6) is 0 Å². The SMILES string of the molecule is O[C@@H]1CN(C2CCC2)CC[C@H]1N1CCN(CCc2ccccc2)CC1. The summed E-state index contributed by atoms with van der Waals surface area (Å²) in [5.41, 5.74) is 1.43. The van der Waals surface area contributed by atoms with Crippen molar-refractivity contribution in [3.8, 4) is 0 Å². The van der Waals surface area contributed by atoms with Crippen LogP contribution in [-0.4, -0.2) is 83.8 Å². The number of nitrogens with zero attached hydrogens (tertiary/aromatic N) is 3. The number of benzene rings is 1. The van der Waals surface area contributed by atoms with Crippen LogP contribution >= 0.6 is 0 Å². The van der Waals surface area contributed by atoms with Gasteiger partial charge >= 0.3 is 0 Å². The third-order valence-electron chi connectivity index (χ3n) is 6.60. The molecule has 1 aliphatic carbocycles. The standard InChI is InChI=1S/C21H33N3O/c25-21-17-24(19-7-4-8-19)12-10-20(21)23-15-13-22(14-16-23)11-9-18-5-2-1-3-6-18/h1-3,5-6,19-21,25H,4,7-17H2/t20-,21-/m1/s1. The highest BCUT2D eigenvalue weighted by atomic mass is 16.3. The van der Waals surface area contributed by atoms with E-state index in [0.29, 0.717) is 6.04 Å². The van der Waals surface area contributed by atoms with Gasteiger partial charge in [-0.15, -0.1) is 0 Å². The Morgan fingerprint density at radius 3 is 2.28 bits per heavy atom. The van der Waals surface area contributed by atoms with Gasteiger partial charge in [-0.05, 0) is 31.2 Å². The molecule has 4 rings (SSSR count). The Kier molecular flexibility index (Phi) is 5.71. The van der Waals surface area contributed by atoms with Crippen LogP contribution in [0.25, 0.3) is 0 Å². The molecule has 1 N–H and O–H groups in total. The van der Waals surface area contributed by atoms with Gasteiger partial charge in [-0.25, -0.2) is 0 Å². The first-order valence-corrected chi connectivity index (χ1v) is 10.2. The lowest BCUT2D eigenvalue weighted by Gasteiger charge is -2.48. The van der Waals surface area contributed by atoms with Crippen molar-refractivity contribution in [2.24, 2.45) is 0 Å². The predicted molar refractivity (Wildman–Crippen MR) is 102 cm³/mol. The highest BCUT2D eigenvalue weighted by molar-refractivity contribution is 5.14. The molecule has 0 radical (unpaired) electrons. The molecule has 0 aromatic heterocycles. The minimum Gasteiger partial charge on any atom is -0.390 e. The largest absolute Gasteiger partial charge is 0.390 e. The molecule has 2 atom stereocenters. The molecular formula is C21H33N3O. The second-order valence-electron chi connectivity index (χ2n) is 8.12. The number of likely N-dealkylation sites (tertiary alicyclic amines) is 1. The van der Waals surface area contributed by atoms with Crippen molar-refractivity contribution in [2.45, 2.75) is 50.3 Å². The minimum absolute atomic E-state index is 0.162. The lowest BCUT2D eigenvalue weighted by molar-refractivity contribution is -0.0479. The van der Waals surface area contributed by atoms with Crippen LogP contribution in [0.2, 0.25) is 0 Å². The van der Waals surface area contributed by atoms with Gasteiger partial charge in [0.05, 0.1) is 6.10 Å². The summed E-state index contributed by atoms with van der Waals surface area (Å²) in [6.45, 7) is 7.73. The van der Waals surface area contributed by atoms with Crippen LogP contribution in [0.3, 0.4) is 0 Å². The average Bonchev–Trinajstić information content (AvgIpc) is 2.60. The Bertz CT molecular complexity index is 525. The number of hydrogen-bond acceptors (Lipinski definition) is 4. The Morgan fingerprint density at radius 1 is 0.880 bits per heavy atom. The van der Waals surface area contributed by atoms with E-state index in [1.165, 1.54) is 31.4 Å². The molecule has 4 heteroatoms. The first-order chi connectivity index (χ1) is 12.3. The van der Waals surface area contributed by atoms with Gasteiger partial charge in [0.15, 0.2) is 0 Å². The van der Waals surface area contributed by atoms with E-state index in [1.54, 1.807) is 0 Å². The molecule has 4 nitrogen and oxygen atoms in total. The zero-order valence-corrected chi connectivity index (χ0v) is 15.4. The number of aliphatic hydroxyl groups is 1. The van der Waals surface area contributed by atoms with Crippen LogP contribution in [0, 0.1) is 0 Å². The molecule has 1 aromatic carbocycles. The summed E-state index contributed by atoms with van der Waals surface area (Å²) in [6.07, 6.45) is 6.19. The van der Waals surface area contributed by atoms with E-state index < -0.39 is 0 Å². The lowest BCUT2D eigenvalue weighted by atomic mass is 9.88. The third kappa shape index (κ3) is 4.25. The fraction of sp³-hybridized carbons (Fsp3) is 0.714. The fourth-order valence-corrected chi connectivity index (χ4v) is 4.70. The molecule has 0 bridgehead atoms. The molecule has 0 spiro atoms. The van der Waals surface area contributed by atoms with E-state index in [4.69, 9.17) is 0 Å². The van der Waals surface area contributed by atoms with Gasteiger partial charge in [0.1, 0.15) is 0 Å². The molecule has 3 fully saturated rings. The van der Waals surface area contributed by atoms with Crippen LogP contribution in [0.4, 0.5) is 0 Å². The third-order valence-corrected chi connectivity index (χ3v) is 6.60. The second-order valence-corrected chi connectivity index (χ2v) is 8.12. The smallest absolute Gasteiger partial charge is 0.0822 e. The van der Waals surface area contributed by atoms with Crippen LogP contribution < -0.4 is 0 Å². The van der Waals surface area contributed by atoms with Crippen molar-refractivity contribution < 1.29 is 5.11 Å². The quantitative estimate of drug-likeness (QED) is 0.884. The van der Waals surface area contributed by atoms with Gasteiger partial charge in [-0.3, -0.25) is 9.80 Å². The number of piperidine rings is 1. The molecule has 0 amide bonds. The van der Waals surface area contributed by atoms with Crippen molar-refractivity contribution in [3.05, 3.63) is 35.9 Å². The maximum Gasteiger partial charge on any atom is 0.0822 e. The van der Waals surface area contributed by atoms with Crippen molar-refractivity contribution in [1.29, 1.82) is 0 Å². The molecule has 2 heterocycles. The summed E-state index contributed by atoms with van der Waals surface area (Å²) in [7, 11) is 0. The van der Waals surface area contributed by atoms with Crippen LogP contribution in [0.15, 0.2) is 30.3 Å². The fourth-order valence-electron chi connectivity index (χ4n) is 4.70. The van der Waals surface area contributed by atoms with E-state index >= 15 is 0 Å². The summed E-state index contributed by atoms with van der Waals surface area (Å²) in [5, 5.41) is 10.7. The maximum atomic E-state index is 10.7. The highest BCUT2D eigenvalue weighted by Crippen LogP contribution is 2.29. The second kappa shape index (κ2) is 8.17. The zero-order valence-electron chi connectivity index (χ0n) is 15.4. The maximum absolute atomic E-state index is 10.7. The van der Waals surface area contributed by atoms with Gasteiger partial charge in [0.2, 0.25) is 0 Å². The summed E-state index contributed by atoms with van der Waals surface area (Å²) in [4.78, 5) is 7.68. The monoisotopic (exact) mass is 343 g/mol. The van der Waals surface area contributed by atoms with Gasteiger partial charge < -0.3 is 10.0 Å². The van der Waals surface area contributed by atoms with Gasteiger partial charge in [-0.2, -0.15) is 0 Å². The zero-order chi connectivity index (χ0) is 17.1. The summed E-state index contributed by atoms with van der Waals surface area (Å²) >= 11 is 0. The van der Waals surface area contributed by atoms with E-state index in [1.807, 2.05) is 0 Å². The molecule has 0 unspecified atom stereocenters. The van der Waals surface area contributed by atoms with E-state index in [-0.39, 0.29) is 6.10 Å². The topological polar surface area (TPSA) is 30.0 Å². The molecule has 1 aromatic rings. The molecular weight excluding hydrogens is 310 g/mol. The number of aliphatic hydroxyl groups excluding tert-OH is 1. The minimum atomic E-state index is -0.162. The van der Waals surface area contributed by atoms with E-state index in [2.05, 4.69) is 45.0 Å². The lowest BCUT2D eigenvalue weighted by Crippen LogP contribution is -2.60. The van der Waals surface area contributed by atoms with E-state index in [0.717, 1.165) is 58.2 Å². The predicted octanol–water partition coefficient (Wildman–Crippen LogP) is 1.83. The Morgan fingerprint density at radius 2 is 1.64 bits per heavy atom. The number of hydrogen-bond donors (Lipinski definition) is 1. The van der Waals surface area contributed by atoms with Gasteiger partial charge in [-0.1, -0.05) is 36.8 Å². The van der Waals surface area contributed by atoms with Crippen molar-refractivity contribution in [3.63, 3.8) is 0 Å². The summed E-state index contributed by atoms with van der Waals surface area (Å²) < 4.78 is 0. The number of rotatable bonds is 5. The number of piperazine rings is 1. The average molecular weight is 344 g/mol. The highest BCUT2D eigenvalue weighted by Gasteiger charge is 2.36. The normalized spacial score (nSPS) is 30.3. The number of β-amino-alcohol motifs (C(OH)–C–C–N with tert-alkyl or cyclic N) is 1. The molecule has 1 saturated carbocycles. The Hall–Kier alpha value is -0.940. The first kappa shape index (κ1) is 17.5. The van der Waals surface area contributed by atoms with E-state index in [9.17, 15) is 5.11 Å².